The minimum atomic E-state index is -1.47. The van der Waals surface area contributed by atoms with Gasteiger partial charge in [0.15, 0.2) is 0 Å². The maximum atomic E-state index is 13.2. The number of hydrogen-bond donors (Lipinski definition) is 3. The summed E-state index contributed by atoms with van der Waals surface area (Å²) in [7, 11) is 1.42. The quantitative estimate of drug-likeness (QED) is 0.447. The molecule has 0 saturated carbocycles. The summed E-state index contributed by atoms with van der Waals surface area (Å²) >= 11 is 0. The lowest BCUT2D eigenvalue weighted by molar-refractivity contribution is -0.145. The second kappa shape index (κ2) is 11.4. The van der Waals surface area contributed by atoms with Crippen molar-refractivity contribution in [3.8, 4) is 11.1 Å². The molecule has 2 amide bonds. The van der Waals surface area contributed by atoms with Crippen molar-refractivity contribution in [2.75, 3.05) is 20.3 Å². The molecule has 3 rings (SSSR count). The fraction of sp³-hybridized carbons (Fsp3) is 0.444. The van der Waals surface area contributed by atoms with Gasteiger partial charge in [-0.05, 0) is 34.6 Å². The van der Waals surface area contributed by atoms with Crippen molar-refractivity contribution in [2.24, 2.45) is 5.92 Å². The Morgan fingerprint density at radius 3 is 2.09 bits per heavy atom. The van der Waals surface area contributed by atoms with Crippen LogP contribution in [0, 0.1) is 5.92 Å². The second-order valence-electron chi connectivity index (χ2n) is 8.99. The summed E-state index contributed by atoms with van der Waals surface area (Å²) in [4.78, 5) is 37.8. The van der Waals surface area contributed by atoms with E-state index in [2.05, 4.69) is 22.8 Å². The van der Waals surface area contributed by atoms with Gasteiger partial charge in [0.05, 0.1) is 6.61 Å². The molecule has 0 fully saturated rings. The van der Waals surface area contributed by atoms with Crippen LogP contribution in [-0.2, 0) is 19.1 Å². The number of carbonyl (C=O) groups is 3. The molecular weight excluding hydrogens is 448 g/mol. The molecule has 1 unspecified atom stereocenters. The Bertz CT molecular complexity index is 1030. The van der Waals surface area contributed by atoms with Crippen LogP contribution >= 0.6 is 0 Å². The molecule has 0 aromatic heterocycles. The second-order valence-corrected chi connectivity index (χ2v) is 8.99. The van der Waals surface area contributed by atoms with Crippen LogP contribution < -0.4 is 10.6 Å². The number of hydrogen-bond acceptors (Lipinski definition) is 5. The average molecular weight is 483 g/mol. The molecule has 3 atom stereocenters. The van der Waals surface area contributed by atoms with E-state index in [4.69, 9.17) is 9.47 Å². The molecule has 2 aromatic carbocycles. The number of carbonyl (C=O) groups excluding carboxylic acids is 2. The summed E-state index contributed by atoms with van der Waals surface area (Å²) in [6.07, 6.45) is -0.0132. The Kier molecular flexibility index (Phi) is 8.51. The minimum absolute atomic E-state index is 0.0961. The van der Waals surface area contributed by atoms with E-state index < -0.39 is 29.6 Å². The van der Waals surface area contributed by atoms with E-state index in [0.717, 1.165) is 22.3 Å². The maximum Gasteiger partial charge on any atom is 0.408 e. The third-order valence-corrected chi connectivity index (χ3v) is 6.88. The van der Waals surface area contributed by atoms with Crippen LogP contribution in [0.3, 0.4) is 0 Å². The monoisotopic (exact) mass is 482 g/mol. The molecule has 0 radical (unpaired) electrons. The summed E-state index contributed by atoms with van der Waals surface area (Å²) in [5, 5.41) is 14.8. The first-order valence-corrected chi connectivity index (χ1v) is 11.9. The fourth-order valence-electron chi connectivity index (χ4n) is 4.55. The predicted molar refractivity (Wildman–Crippen MR) is 132 cm³/mol. The van der Waals surface area contributed by atoms with Crippen molar-refractivity contribution in [2.45, 2.75) is 51.1 Å². The Morgan fingerprint density at radius 2 is 1.60 bits per heavy atom. The number of amides is 2. The predicted octanol–water partition coefficient (Wildman–Crippen LogP) is 3.94. The number of nitrogens with one attached hydrogen (secondary N) is 2. The van der Waals surface area contributed by atoms with E-state index in [1.807, 2.05) is 43.3 Å². The zero-order valence-electron chi connectivity index (χ0n) is 20.7. The van der Waals surface area contributed by atoms with E-state index in [0.29, 0.717) is 6.42 Å². The number of carboxylic acids is 1. The summed E-state index contributed by atoms with van der Waals surface area (Å²) < 4.78 is 10.9. The molecule has 0 aliphatic heterocycles. The van der Waals surface area contributed by atoms with Gasteiger partial charge in [-0.25, -0.2) is 9.59 Å². The number of alkyl carbamates (subject to hydrolysis) is 1. The van der Waals surface area contributed by atoms with E-state index in [9.17, 15) is 19.5 Å². The normalized spacial score (nSPS) is 15.8. The molecule has 0 saturated heterocycles. The SMILES string of the molecule is CC[C@H](C)[C@H](NC(=O)C(CC)(COC)NC(=O)OCC1c2ccccc2-c2ccccc21)C(=O)O. The Balaban J connectivity index is 1.75. The van der Waals surface area contributed by atoms with Gasteiger partial charge in [-0.15, -0.1) is 0 Å². The smallest absolute Gasteiger partial charge is 0.408 e. The molecule has 2 aromatic rings. The zero-order valence-corrected chi connectivity index (χ0v) is 20.7. The van der Waals surface area contributed by atoms with Crippen molar-refractivity contribution < 1.29 is 29.0 Å². The number of methoxy groups -OCH3 is 1. The molecule has 8 heteroatoms. The highest BCUT2D eigenvalue weighted by Crippen LogP contribution is 2.44. The lowest BCUT2D eigenvalue weighted by atomic mass is 9.93. The largest absolute Gasteiger partial charge is 0.480 e. The summed E-state index contributed by atoms with van der Waals surface area (Å²) in [5.74, 6) is -2.16. The van der Waals surface area contributed by atoms with Crippen LogP contribution in [0.5, 0.6) is 0 Å². The van der Waals surface area contributed by atoms with Gasteiger partial charge in [0, 0.05) is 13.0 Å². The molecule has 35 heavy (non-hydrogen) atoms. The van der Waals surface area contributed by atoms with Crippen molar-refractivity contribution in [1.82, 2.24) is 10.6 Å². The Hall–Kier alpha value is -3.39. The van der Waals surface area contributed by atoms with Gasteiger partial charge in [-0.1, -0.05) is 75.7 Å². The lowest BCUT2D eigenvalue weighted by Crippen LogP contribution is -2.64. The number of ether oxygens (including phenoxy) is 2. The fourth-order valence-corrected chi connectivity index (χ4v) is 4.55. The molecule has 1 aliphatic rings. The van der Waals surface area contributed by atoms with E-state index in [-0.39, 0.29) is 31.5 Å². The van der Waals surface area contributed by atoms with E-state index in [1.165, 1.54) is 7.11 Å². The molecule has 0 spiro atoms. The first-order chi connectivity index (χ1) is 16.8. The van der Waals surface area contributed by atoms with Gasteiger partial charge >= 0.3 is 12.1 Å². The van der Waals surface area contributed by atoms with E-state index >= 15 is 0 Å². The van der Waals surface area contributed by atoms with Crippen LogP contribution in [0.1, 0.15) is 50.7 Å². The molecule has 8 nitrogen and oxygen atoms in total. The maximum absolute atomic E-state index is 13.2. The molecule has 0 bridgehead atoms. The molecule has 3 N–H and O–H groups in total. The van der Waals surface area contributed by atoms with Crippen molar-refractivity contribution in [3.05, 3.63) is 59.7 Å². The number of benzene rings is 2. The molecule has 188 valence electrons. The average Bonchev–Trinajstić information content (AvgIpc) is 3.18. The van der Waals surface area contributed by atoms with Crippen molar-refractivity contribution in [3.63, 3.8) is 0 Å². The highest BCUT2D eigenvalue weighted by molar-refractivity contribution is 5.93. The third kappa shape index (κ3) is 5.48. The van der Waals surface area contributed by atoms with Crippen molar-refractivity contribution >= 4 is 18.0 Å². The van der Waals surface area contributed by atoms with Crippen LogP contribution in [-0.4, -0.2) is 55.0 Å². The van der Waals surface area contributed by atoms with Gasteiger partial charge in [0.1, 0.15) is 18.2 Å². The van der Waals surface area contributed by atoms with Gasteiger partial charge in [0.2, 0.25) is 5.91 Å². The summed E-state index contributed by atoms with van der Waals surface area (Å²) in [6, 6.07) is 14.9. The van der Waals surface area contributed by atoms with Gasteiger partial charge in [-0.3, -0.25) is 4.79 Å². The third-order valence-electron chi connectivity index (χ3n) is 6.88. The number of carboxylic acid groups (broad SMARTS) is 1. The molecular formula is C27H34N2O6. The Morgan fingerprint density at radius 1 is 1.03 bits per heavy atom. The van der Waals surface area contributed by atoms with Gasteiger partial charge in [-0.2, -0.15) is 0 Å². The topological polar surface area (TPSA) is 114 Å². The first-order valence-electron chi connectivity index (χ1n) is 11.9. The van der Waals surface area contributed by atoms with E-state index in [1.54, 1.807) is 13.8 Å². The van der Waals surface area contributed by atoms with Crippen molar-refractivity contribution in [1.29, 1.82) is 0 Å². The standard InChI is InChI=1S/C27H34N2O6/c1-5-17(3)23(24(30)31)28-25(32)27(6-2,16-34-4)29-26(33)35-15-22-20-13-9-7-11-18(20)19-12-8-10-14-21(19)22/h7-14,17,22-23H,5-6,15-16H2,1-4H3,(H,28,32)(H,29,33)(H,30,31)/t17-,23-,27?/m0/s1. The lowest BCUT2D eigenvalue weighted by Gasteiger charge is -2.33. The van der Waals surface area contributed by atoms with Crippen LogP contribution in [0.15, 0.2) is 48.5 Å². The summed E-state index contributed by atoms with van der Waals surface area (Å²) in [5.41, 5.74) is 2.91. The highest BCUT2D eigenvalue weighted by Gasteiger charge is 2.42. The molecule has 1 aliphatic carbocycles. The number of rotatable bonds is 11. The van der Waals surface area contributed by atoms with Crippen LogP contribution in [0.4, 0.5) is 4.79 Å². The van der Waals surface area contributed by atoms with Gasteiger partial charge < -0.3 is 25.2 Å². The van der Waals surface area contributed by atoms with Crippen LogP contribution in [0.25, 0.3) is 11.1 Å². The highest BCUT2D eigenvalue weighted by atomic mass is 16.5. The summed E-state index contributed by atoms with van der Waals surface area (Å²) in [6.45, 7) is 5.29. The van der Waals surface area contributed by atoms with Crippen LogP contribution in [0.2, 0.25) is 0 Å². The first kappa shape index (κ1) is 26.2. The zero-order chi connectivity index (χ0) is 25.6. The number of fused-ring (bicyclic) bond motifs is 3. The van der Waals surface area contributed by atoms with Gasteiger partial charge in [0.25, 0.3) is 0 Å². The molecule has 0 heterocycles. The minimum Gasteiger partial charge on any atom is -0.480 e. The number of aliphatic carboxylic acids is 1. The Labute approximate surface area is 206 Å².